The Balaban J connectivity index is 1.58. The lowest BCUT2D eigenvalue weighted by atomic mass is 9.58. The minimum Gasteiger partial charge on any atom is -0.379 e. The molecule has 4 heteroatoms. The van der Waals surface area contributed by atoms with Crippen molar-refractivity contribution in [2.45, 2.75) is 75.7 Å². The van der Waals surface area contributed by atoms with Crippen molar-refractivity contribution in [2.75, 3.05) is 40.9 Å². The van der Waals surface area contributed by atoms with Crippen LogP contribution in [0.2, 0.25) is 0 Å². The zero-order chi connectivity index (χ0) is 16.7. The smallest absolute Gasteiger partial charge is 0.0835 e. The molecule has 0 aromatic rings. The van der Waals surface area contributed by atoms with E-state index in [0.29, 0.717) is 17.6 Å². The molecule has 0 bridgehead atoms. The van der Waals surface area contributed by atoms with E-state index in [0.717, 1.165) is 18.0 Å². The number of nitrogens with zero attached hydrogens (tertiary/aromatic N) is 2. The van der Waals surface area contributed by atoms with Crippen molar-refractivity contribution in [3.8, 4) is 0 Å². The van der Waals surface area contributed by atoms with Gasteiger partial charge in [-0.05, 0) is 83.0 Å². The van der Waals surface area contributed by atoms with Gasteiger partial charge in [-0.1, -0.05) is 6.42 Å². The van der Waals surface area contributed by atoms with Crippen LogP contribution in [0.25, 0.3) is 0 Å². The first-order chi connectivity index (χ1) is 11.7. The van der Waals surface area contributed by atoms with Gasteiger partial charge in [0.2, 0.25) is 0 Å². The fourth-order valence-electron chi connectivity index (χ4n) is 6.85. The van der Waals surface area contributed by atoms with E-state index in [1.54, 1.807) is 0 Å². The third kappa shape index (κ3) is 2.65. The predicted molar refractivity (Wildman–Crippen MR) is 96.2 cm³/mol. The van der Waals surface area contributed by atoms with Crippen LogP contribution in [0, 0.1) is 11.3 Å². The van der Waals surface area contributed by atoms with Crippen LogP contribution in [0.3, 0.4) is 0 Å². The van der Waals surface area contributed by atoms with E-state index < -0.39 is 0 Å². The molecule has 6 unspecified atom stereocenters. The van der Waals surface area contributed by atoms with Crippen molar-refractivity contribution in [1.82, 2.24) is 9.80 Å². The minimum absolute atomic E-state index is 0.291. The van der Waals surface area contributed by atoms with E-state index >= 15 is 0 Å². The summed E-state index contributed by atoms with van der Waals surface area (Å²) in [4.78, 5) is 5.54. The van der Waals surface area contributed by atoms with E-state index in [-0.39, 0.29) is 0 Å². The van der Waals surface area contributed by atoms with Gasteiger partial charge < -0.3 is 14.4 Å². The number of fused-ring (bicyclic) bond motifs is 3. The molecule has 1 aliphatic carbocycles. The lowest BCUT2D eigenvalue weighted by molar-refractivity contribution is -0.113. The maximum atomic E-state index is 5.85. The van der Waals surface area contributed by atoms with Gasteiger partial charge >= 0.3 is 0 Å². The molecule has 0 radical (unpaired) electrons. The Morgan fingerprint density at radius 3 is 2.46 bits per heavy atom. The maximum Gasteiger partial charge on any atom is 0.0835 e. The van der Waals surface area contributed by atoms with Crippen LogP contribution in [0.1, 0.15) is 51.4 Å². The Hall–Kier alpha value is -0.160. The zero-order valence-corrected chi connectivity index (χ0v) is 15.9. The van der Waals surface area contributed by atoms with Crippen molar-refractivity contribution in [3.05, 3.63) is 0 Å². The fourth-order valence-corrected chi connectivity index (χ4v) is 6.85. The van der Waals surface area contributed by atoms with E-state index in [4.69, 9.17) is 9.47 Å². The van der Waals surface area contributed by atoms with Crippen molar-refractivity contribution >= 4 is 0 Å². The summed E-state index contributed by atoms with van der Waals surface area (Å²) < 4.78 is 11.5. The summed E-state index contributed by atoms with van der Waals surface area (Å²) in [6.07, 6.45) is 11.3. The van der Waals surface area contributed by atoms with Crippen LogP contribution < -0.4 is 0 Å². The molecule has 3 heterocycles. The van der Waals surface area contributed by atoms with Gasteiger partial charge in [-0.15, -0.1) is 0 Å². The summed E-state index contributed by atoms with van der Waals surface area (Å²) in [7, 11) is 6.11. The van der Waals surface area contributed by atoms with Crippen molar-refractivity contribution in [1.29, 1.82) is 0 Å². The van der Waals surface area contributed by atoms with Gasteiger partial charge in [0.25, 0.3) is 0 Å². The highest BCUT2D eigenvalue weighted by molar-refractivity contribution is 5.11. The molecule has 4 rings (SSSR count). The number of ether oxygens (including phenoxy) is 2. The van der Waals surface area contributed by atoms with Gasteiger partial charge in [0.15, 0.2) is 0 Å². The SMILES string of the molecule is COC1CCC(C23CCN(C)C2C2CCCCN2CC3)CC1OC. The summed E-state index contributed by atoms with van der Waals surface area (Å²) in [6.45, 7) is 3.95. The van der Waals surface area contributed by atoms with Crippen molar-refractivity contribution in [2.24, 2.45) is 11.3 Å². The van der Waals surface area contributed by atoms with Gasteiger partial charge in [-0.2, -0.15) is 0 Å². The normalized spacial score (nSPS) is 47.4. The van der Waals surface area contributed by atoms with Crippen LogP contribution in [0.5, 0.6) is 0 Å². The standard InChI is InChI=1S/C20H36N2O2/c1-21-12-9-20(15-7-8-17(23-2)18(14-15)24-3)10-13-22-11-5-4-6-16(22)19(20)21/h15-19H,4-14H2,1-3H3. The van der Waals surface area contributed by atoms with Gasteiger partial charge in [-0.3, -0.25) is 4.90 Å². The number of hydrogen-bond donors (Lipinski definition) is 0. The zero-order valence-electron chi connectivity index (χ0n) is 15.9. The summed E-state index contributed by atoms with van der Waals surface area (Å²) >= 11 is 0. The van der Waals surface area contributed by atoms with Crippen LogP contribution in [-0.2, 0) is 9.47 Å². The van der Waals surface area contributed by atoms with Crippen LogP contribution >= 0.6 is 0 Å². The largest absolute Gasteiger partial charge is 0.379 e. The average Bonchev–Trinajstić information content (AvgIpc) is 2.99. The lowest BCUT2D eigenvalue weighted by Gasteiger charge is -2.57. The molecule has 0 N–H and O–H groups in total. The first-order valence-electron chi connectivity index (χ1n) is 10.2. The van der Waals surface area contributed by atoms with Gasteiger partial charge in [0.1, 0.15) is 0 Å². The Morgan fingerprint density at radius 2 is 1.67 bits per heavy atom. The molecular formula is C20H36N2O2. The number of likely N-dealkylation sites (N-methyl/N-ethyl adjacent to an activating group) is 1. The summed E-state index contributed by atoms with van der Waals surface area (Å²) in [5, 5.41) is 0. The Morgan fingerprint density at radius 1 is 0.875 bits per heavy atom. The summed E-state index contributed by atoms with van der Waals surface area (Å²) in [5.41, 5.74) is 0.531. The summed E-state index contributed by atoms with van der Waals surface area (Å²) in [6, 6.07) is 1.58. The van der Waals surface area contributed by atoms with E-state index in [2.05, 4.69) is 16.8 Å². The van der Waals surface area contributed by atoms with E-state index in [1.807, 2.05) is 14.2 Å². The number of piperidine rings is 2. The third-order valence-electron chi connectivity index (χ3n) is 8.04. The monoisotopic (exact) mass is 336 g/mol. The topological polar surface area (TPSA) is 24.9 Å². The molecule has 0 aromatic heterocycles. The number of hydrogen-bond acceptors (Lipinski definition) is 4. The molecule has 4 aliphatic rings. The maximum absolute atomic E-state index is 5.85. The molecule has 6 atom stereocenters. The van der Waals surface area contributed by atoms with Crippen LogP contribution in [0.15, 0.2) is 0 Å². The lowest BCUT2D eigenvalue weighted by Crippen LogP contribution is -2.63. The predicted octanol–water partition coefficient (Wildman–Crippen LogP) is 2.77. The second kappa shape index (κ2) is 6.86. The van der Waals surface area contributed by atoms with Crippen molar-refractivity contribution < 1.29 is 9.47 Å². The number of likely N-dealkylation sites (tertiary alicyclic amines) is 1. The molecule has 138 valence electrons. The van der Waals surface area contributed by atoms with Crippen LogP contribution in [-0.4, -0.2) is 75.0 Å². The highest BCUT2D eigenvalue weighted by atomic mass is 16.5. The molecule has 0 amide bonds. The first-order valence-corrected chi connectivity index (χ1v) is 10.2. The van der Waals surface area contributed by atoms with Gasteiger partial charge in [-0.25, -0.2) is 0 Å². The summed E-state index contributed by atoms with van der Waals surface area (Å²) in [5.74, 6) is 0.813. The molecule has 1 saturated carbocycles. The quantitative estimate of drug-likeness (QED) is 0.791. The molecule has 4 fully saturated rings. The van der Waals surface area contributed by atoms with Crippen molar-refractivity contribution in [3.63, 3.8) is 0 Å². The third-order valence-corrected chi connectivity index (χ3v) is 8.04. The highest BCUT2D eigenvalue weighted by Gasteiger charge is 2.58. The van der Waals surface area contributed by atoms with E-state index in [9.17, 15) is 0 Å². The highest BCUT2D eigenvalue weighted by Crippen LogP contribution is 2.55. The molecule has 3 saturated heterocycles. The van der Waals surface area contributed by atoms with Crippen LogP contribution in [0.4, 0.5) is 0 Å². The molecule has 0 spiro atoms. The Bertz CT molecular complexity index is 445. The van der Waals surface area contributed by atoms with Gasteiger partial charge in [0, 0.05) is 26.3 Å². The number of methoxy groups -OCH3 is 2. The molecule has 24 heavy (non-hydrogen) atoms. The minimum atomic E-state index is 0.291. The number of rotatable bonds is 3. The second-order valence-electron chi connectivity index (χ2n) is 8.82. The Labute approximate surface area is 147 Å². The molecule has 0 aromatic carbocycles. The van der Waals surface area contributed by atoms with E-state index in [1.165, 1.54) is 71.0 Å². The first kappa shape index (κ1) is 17.3. The molecular weight excluding hydrogens is 300 g/mol. The Kier molecular flexibility index (Phi) is 4.94. The fraction of sp³-hybridized carbons (Fsp3) is 1.00. The van der Waals surface area contributed by atoms with Gasteiger partial charge in [0.05, 0.1) is 12.2 Å². The molecule has 3 aliphatic heterocycles. The average molecular weight is 337 g/mol. The molecule has 4 nitrogen and oxygen atoms in total. The second-order valence-corrected chi connectivity index (χ2v) is 8.82.